The lowest BCUT2D eigenvalue weighted by atomic mass is 9.86. The third-order valence-electron chi connectivity index (χ3n) is 3.93. The van der Waals surface area contributed by atoms with Crippen LogP contribution < -0.4 is 10.6 Å². The monoisotopic (exact) mass is 233 g/mol. The molecule has 1 aliphatic rings. The Morgan fingerprint density at radius 3 is 2.71 bits per heavy atom. The summed E-state index contributed by atoms with van der Waals surface area (Å²) in [5.74, 6) is 1.68. The van der Waals surface area contributed by atoms with Crippen molar-refractivity contribution in [3.8, 4) is 0 Å². The third-order valence-corrected chi connectivity index (χ3v) is 3.93. The van der Waals surface area contributed by atoms with Crippen LogP contribution in [-0.2, 0) is 6.54 Å². The highest BCUT2D eigenvalue weighted by Gasteiger charge is 2.22. The van der Waals surface area contributed by atoms with Crippen LogP contribution >= 0.6 is 0 Å². The van der Waals surface area contributed by atoms with E-state index in [9.17, 15) is 0 Å². The van der Waals surface area contributed by atoms with Crippen LogP contribution in [0.15, 0.2) is 18.5 Å². The number of hydrogen-bond donors (Lipinski definition) is 1. The maximum Gasteiger partial charge on any atom is 0.0598 e. The fraction of sp³-hybridized carbons (Fsp3) is 0.643. The summed E-state index contributed by atoms with van der Waals surface area (Å²) in [6.45, 7) is 7.54. The first kappa shape index (κ1) is 12.4. The second-order valence-electron chi connectivity index (χ2n) is 5.28. The van der Waals surface area contributed by atoms with E-state index in [2.05, 4.69) is 23.7 Å². The van der Waals surface area contributed by atoms with Gasteiger partial charge in [-0.3, -0.25) is 4.98 Å². The first-order valence-corrected chi connectivity index (χ1v) is 6.60. The van der Waals surface area contributed by atoms with Gasteiger partial charge in [-0.15, -0.1) is 0 Å². The predicted octanol–water partition coefficient (Wildman–Crippen LogP) is 2.41. The number of nitrogens with two attached hydrogens (primary N) is 1. The summed E-state index contributed by atoms with van der Waals surface area (Å²) >= 11 is 0. The fourth-order valence-corrected chi connectivity index (χ4v) is 2.68. The van der Waals surface area contributed by atoms with Crippen molar-refractivity contribution in [3.63, 3.8) is 0 Å². The number of pyridine rings is 1. The lowest BCUT2D eigenvalue weighted by Crippen LogP contribution is -2.36. The molecule has 3 nitrogen and oxygen atoms in total. The molecule has 3 heteroatoms. The van der Waals surface area contributed by atoms with Crippen LogP contribution in [0.25, 0.3) is 0 Å². The molecular weight excluding hydrogens is 210 g/mol. The van der Waals surface area contributed by atoms with E-state index in [1.807, 2.05) is 18.5 Å². The molecule has 2 rings (SSSR count). The van der Waals surface area contributed by atoms with E-state index in [0.29, 0.717) is 6.54 Å². The molecule has 0 unspecified atom stereocenters. The molecule has 1 aromatic rings. The quantitative estimate of drug-likeness (QED) is 0.871. The molecule has 1 aromatic heterocycles. The Morgan fingerprint density at radius 2 is 2.12 bits per heavy atom. The maximum atomic E-state index is 5.78. The molecular formula is C14H23N3. The highest BCUT2D eigenvalue weighted by atomic mass is 15.1. The summed E-state index contributed by atoms with van der Waals surface area (Å²) in [5, 5.41) is 0. The smallest absolute Gasteiger partial charge is 0.0598 e. The van der Waals surface area contributed by atoms with Crippen LogP contribution in [0, 0.1) is 11.8 Å². The van der Waals surface area contributed by atoms with E-state index in [1.54, 1.807) is 0 Å². The van der Waals surface area contributed by atoms with Gasteiger partial charge in [0.25, 0.3) is 0 Å². The van der Waals surface area contributed by atoms with Crippen molar-refractivity contribution in [2.75, 3.05) is 18.0 Å². The van der Waals surface area contributed by atoms with E-state index >= 15 is 0 Å². The minimum Gasteiger partial charge on any atom is -0.370 e. The van der Waals surface area contributed by atoms with Gasteiger partial charge in [-0.2, -0.15) is 0 Å². The average Bonchev–Trinajstić information content (AvgIpc) is 2.39. The second kappa shape index (κ2) is 5.50. The van der Waals surface area contributed by atoms with Gasteiger partial charge in [0.2, 0.25) is 0 Å². The van der Waals surface area contributed by atoms with Gasteiger partial charge in [-0.1, -0.05) is 13.8 Å². The summed E-state index contributed by atoms with van der Waals surface area (Å²) in [5.41, 5.74) is 8.22. The Labute approximate surface area is 104 Å². The number of nitrogens with zero attached hydrogens (tertiary/aromatic N) is 2. The first-order valence-electron chi connectivity index (χ1n) is 6.60. The Bertz CT molecular complexity index is 354. The van der Waals surface area contributed by atoms with Crippen LogP contribution in [0.1, 0.15) is 32.3 Å². The normalized spacial score (nSPS) is 17.8. The van der Waals surface area contributed by atoms with Gasteiger partial charge in [-0.25, -0.2) is 0 Å². The summed E-state index contributed by atoms with van der Waals surface area (Å²) in [4.78, 5) is 6.66. The van der Waals surface area contributed by atoms with Gasteiger partial charge in [0.05, 0.1) is 11.9 Å². The number of rotatable bonds is 3. The van der Waals surface area contributed by atoms with Crippen molar-refractivity contribution in [2.45, 2.75) is 33.2 Å². The minimum absolute atomic E-state index is 0.599. The number of piperidine rings is 1. The molecule has 2 heterocycles. The van der Waals surface area contributed by atoms with E-state index < -0.39 is 0 Å². The van der Waals surface area contributed by atoms with Gasteiger partial charge in [0.1, 0.15) is 0 Å². The molecule has 0 radical (unpaired) electrons. The highest BCUT2D eigenvalue weighted by molar-refractivity contribution is 5.51. The van der Waals surface area contributed by atoms with Crippen LogP contribution in [0.2, 0.25) is 0 Å². The van der Waals surface area contributed by atoms with Crippen LogP contribution in [0.5, 0.6) is 0 Å². The molecule has 1 fully saturated rings. The van der Waals surface area contributed by atoms with Gasteiger partial charge < -0.3 is 10.6 Å². The van der Waals surface area contributed by atoms with Crippen LogP contribution in [0.4, 0.5) is 5.69 Å². The molecule has 0 bridgehead atoms. The number of aromatic nitrogens is 1. The lowest BCUT2D eigenvalue weighted by molar-refractivity contribution is 0.311. The number of anilines is 1. The van der Waals surface area contributed by atoms with E-state index in [0.717, 1.165) is 24.9 Å². The van der Waals surface area contributed by atoms with E-state index in [1.165, 1.54) is 24.1 Å². The van der Waals surface area contributed by atoms with Gasteiger partial charge in [-0.05, 0) is 36.3 Å². The van der Waals surface area contributed by atoms with Crippen molar-refractivity contribution in [3.05, 3.63) is 24.0 Å². The van der Waals surface area contributed by atoms with Gasteiger partial charge in [0, 0.05) is 25.8 Å². The zero-order chi connectivity index (χ0) is 12.3. The maximum absolute atomic E-state index is 5.78. The lowest BCUT2D eigenvalue weighted by Gasteiger charge is -2.36. The Morgan fingerprint density at radius 1 is 1.41 bits per heavy atom. The minimum atomic E-state index is 0.599. The zero-order valence-electron chi connectivity index (χ0n) is 10.9. The molecule has 0 aliphatic carbocycles. The average molecular weight is 233 g/mol. The number of hydrogen-bond acceptors (Lipinski definition) is 3. The molecule has 1 saturated heterocycles. The van der Waals surface area contributed by atoms with Gasteiger partial charge >= 0.3 is 0 Å². The molecule has 0 saturated carbocycles. The van der Waals surface area contributed by atoms with Crippen LogP contribution in [-0.4, -0.2) is 18.1 Å². The Kier molecular flexibility index (Phi) is 4.00. The molecule has 94 valence electrons. The van der Waals surface area contributed by atoms with Crippen molar-refractivity contribution in [2.24, 2.45) is 17.6 Å². The largest absolute Gasteiger partial charge is 0.370 e. The molecule has 0 atom stereocenters. The summed E-state index contributed by atoms with van der Waals surface area (Å²) in [6, 6.07) is 2.03. The van der Waals surface area contributed by atoms with Crippen molar-refractivity contribution < 1.29 is 0 Å². The van der Waals surface area contributed by atoms with E-state index in [-0.39, 0.29) is 0 Å². The molecule has 0 amide bonds. The fourth-order valence-electron chi connectivity index (χ4n) is 2.68. The third kappa shape index (κ3) is 2.78. The Hall–Kier alpha value is -1.09. The van der Waals surface area contributed by atoms with E-state index in [4.69, 9.17) is 5.73 Å². The van der Waals surface area contributed by atoms with Gasteiger partial charge in [0.15, 0.2) is 0 Å². The van der Waals surface area contributed by atoms with Crippen molar-refractivity contribution in [1.29, 1.82) is 0 Å². The van der Waals surface area contributed by atoms with Crippen molar-refractivity contribution >= 4 is 5.69 Å². The topological polar surface area (TPSA) is 42.2 Å². The van der Waals surface area contributed by atoms with Crippen molar-refractivity contribution in [1.82, 2.24) is 4.98 Å². The predicted molar refractivity (Wildman–Crippen MR) is 71.9 cm³/mol. The zero-order valence-corrected chi connectivity index (χ0v) is 10.9. The molecule has 2 N–H and O–H groups in total. The van der Waals surface area contributed by atoms with Crippen LogP contribution in [0.3, 0.4) is 0 Å². The second-order valence-corrected chi connectivity index (χ2v) is 5.28. The Balaban J connectivity index is 2.05. The standard InChI is InChI=1S/C14H23N3/c1-11(2)12-4-7-17(8-5-12)14-10-16-6-3-13(14)9-15/h3,6,10-12H,4-5,7-9,15H2,1-2H3. The highest BCUT2D eigenvalue weighted by Crippen LogP contribution is 2.28. The first-order chi connectivity index (χ1) is 8.22. The summed E-state index contributed by atoms with van der Waals surface area (Å²) < 4.78 is 0. The SMILES string of the molecule is CC(C)C1CCN(c2cnccc2CN)CC1. The molecule has 0 aromatic carbocycles. The molecule has 17 heavy (non-hydrogen) atoms. The molecule has 0 spiro atoms. The summed E-state index contributed by atoms with van der Waals surface area (Å²) in [6.07, 6.45) is 6.36. The summed E-state index contributed by atoms with van der Waals surface area (Å²) in [7, 11) is 0. The molecule has 1 aliphatic heterocycles.